The molecule has 0 aromatic rings. The van der Waals surface area contributed by atoms with E-state index in [1.165, 1.54) is 0 Å². The van der Waals surface area contributed by atoms with E-state index >= 15 is 0 Å². The average Bonchev–Trinajstić information content (AvgIpc) is 1.98. The summed E-state index contributed by atoms with van der Waals surface area (Å²) in [5.74, 6) is -9.74. The van der Waals surface area contributed by atoms with Gasteiger partial charge in [-0.1, -0.05) is 11.8 Å². The van der Waals surface area contributed by atoms with E-state index < -0.39 is 40.8 Å². The van der Waals surface area contributed by atoms with Gasteiger partial charge >= 0.3 is 11.4 Å². The molecule has 78 valence electrons. The molecule has 13 heavy (non-hydrogen) atoms. The molecule has 1 unspecified atom stereocenters. The van der Waals surface area contributed by atoms with E-state index in [0.717, 1.165) is 0 Å². The topological polar surface area (TPSA) is 0 Å². The molecule has 0 N–H and O–H groups in total. The average molecular weight is 228 g/mol. The summed E-state index contributed by atoms with van der Waals surface area (Å²) in [6, 6.07) is 0. The highest BCUT2D eigenvalue weighted by Gasteiger charge is 2.72. The van der Waals surface area contributed by atoms with E-state index in [2.05, 4.69) is 0 Å². The van der Waals surface area contributed by atoms with Crippen LogP contribution in [0.3, 0.4) is 0 Å². The van der Waals surface area contributed by atoms with E-state index in [1.54, 1.807) is 0 Å². The summed E-state index contributed by atoms with van der Waals surface area (Å²) in [6.07, 6.45) is -5.57. The standard InChI is InChI=1S/C5H3F7S/c6-3(7)1-13-5(11,12)2(3)4(8,9)10/h2H,1H2. The third kappa shape index (κ3) is 1.87. The molecule has 0 amide bonds. The van der Waals surface area contributed by atoms with Crippen molar-refractivity contribution in [2.24, 2.45) is 5.92 Å². The Bertz CT molecular complexity index is 191. The van der Waals surface area contributed by atoms with Crippen molar-refractivity contribution in [3.63, 3.8) is 0 Å². The van der Waals surface area contributed by atoms with Crippen LogP contribution in [0.5, 0.6) is 0 Å². The van der Waals surface area contributed by atoms with Gasteiger partial charge in [-0.25, -0.2) is 8.78 Å². The molecule has 8 heteroatoms. The first-order valence-electron chi connectivity index (χ1n) is 3.04. The van der Waals surface area contributed by atoms with Gasteiger partial charge in [-0.05, 0) is 0 Å². The lowest BCUT2D eigenvalue weighted by Gasteiger charge is -2.24. The highest BCUT2D eigenvalue weighted by Crippen LogP contribution is 2.58. The fourth-order valence-electron chi connectivity index (χ4n) is 1.03. The zero-order chi connectivity index (χ0) is 10.5. The minimum absolute atomic E-state index is 0.662. The first-order valence-corrected chi connectivity index (χ1v) is 4.02. The highest BCUT2D eigenvalue weighted by molar-refractivity contribution is 8.00. The number of alkyl halides is 7. The van der Waals surface area contributed by atoms with Gasteiger partial charge in [0.05, 0.1) is 5.75 Å². The van der Waals surface area contributed by atoms with Gasteiger partial charge in [0.1, 0.15) is 0 Å². The Morgan fingerprint density at radius 3 is 1.69 bits per heavy atom. The van der Waals surface area contributed by atoms with Crippen LogP contribution in [-0.2, 0) is 0 Å². The van der Waals surface area contributed by atoms with E-state index in [9.17, 15) is 30.7 Å². The first kappa shape index (κ1) is 10.9. The van der Waals surface area contributed by atoms with E-state index in [1.807, 2.05) is 0 Å². The van der Waals surface area contributed by atoms with Crippen molar-refractivity contribution in [3.8, 4) is 0 Å². The van der Waals surface area contributed by atoms with Crippen LogP contribution in [0, 0.1) is 5.92 Å². The largest absolute Gasteiger partial charge is 0.404 e. The van der Waals surface area contributed by atoms with Gasteiger partial charge in [-0.2, -0.15) is 22.0 Å². The predicted molar refractivity (Wildman–Crippen MR) is 31.9 cm³/mol. The van der Waals surface area contributed by atoms with E-state index in [4.69, 9.17) is 0 Å². The van der Waals surface area contributed by atoms with Crippen LogP contribution in [0.15, 0.2) is 0 Å². The monoisotopic (exact) mass is 228 g/mol. The van der Waals surface area contributed by atoms with Crippen molar-refractivity contribution in [2.75, 3.05) is 5.75 Å². The summed E-state index contributed by atoms with van der Waals surface area (Å²) in [5, 5.41) is -4.43. The third-order valence-electron chi connectivity index (χ3n) is 1.54. The van der Waals surface area contributed by atoms with Crippen LogP contribution < -0.4 is 0 Å². The van der Waals surface area contributed by atoms with Crippen LogP contribution in [0.1, 0.15) is 0 Å². The SMILES string of the molecule is FC(F)(F)C1C(F)(F)CSC1(F)F. The maximum Gasteiger partial charge on any atom is 0.404 e. The molecule has 0 nitrogen and oxygen atoms in total. The second-order valence-electron chi connectivity index (χ2n) is 2.59. The highest BCUT2D eigenvalue weighted by atomic mass is 32.2. The molecule has 0 radical (unpaired) electrons. The first-order chi connectivity index (χ1) is 5.57. The molecule has 0 aromatic heterocycles. The van der Waals surface area contributed by atoms with Gasteiger partial charge in [0.15, 0.2) is 5.92 Å². The lowest BCUT2D eigenvalue weighted by atomic mass is 10.0. The summed E-state index contributed by atoms with van der Waals surface area (Å²) < 4.78 is 84.8. The zero-order valence-electron chi connectivity index (χ0n) is 5.84. The number of thioether (sulfide) groups is 1. The van der Waals surface area contributed by atoms with E-state index in [0.29, 0.717) is 0 Å². The smallest absolute Gasteiger partial charge is 0.205 e. The van der Waals surface area contributed by atoms with Crippen molar-refractivity contribution in [1.82, 2.24) is 0 Å². The molecule has 1 fully saturated rings. The van der Waals surface area contributed by atoms with Crippen LogP contribution >= 0.6 is 11.8 Å². The lowest BCUT2D eigenvalue weighted by Crippen LogP contribution is -2.44. The van der Waals surface area contributed by atoms with Crippen LogP contribution in [0.25, 0.3) is 0 Å². The van der Waals surface area contributed by atoms with Crippen molar-refractivity contribution in [2.45, 2.75) is 17.4 Å². The summed E-state index contributed by atoms with van der Waals surface area (Å²) in [6.45, 7) is 0. The van der Waals surface area contributed by atoms with Crippen molar-refractivity contribution in [1.29, 1.82) is 0 Å². The Balaban J connectivity index is 3.02. The molecule has 0 aliphatic carbocycles. The van der Waals surface area contributed by atoms with Crippen LogP contribution in [0.2, 0.25) is 0 Å². The van der Waals surface area contributed by atoms with Gasteiger partial charge in [0.25, 0.3) is 5.92 Å². The quantitative estimate of drug-likeness (QED) is 0.574. The molecule has 0 aromatic carbocycles. The van der Waals surface area contributed by atoms with Crippen molar-refractivity contribution >= 4 is 11.8 Å². The zero-order valence-corrected chi connectivity index (χ0v) is 6.65. The number of hydrogen-bond acceptors (Lipinski definition) is 1. The Morgan fingerprint density at radius 1 is 1.08 bits per heavy atom. The van der Waals surface area contributed by atoms with Crippen LogP contribution in [-0.4, -0.2) is 23.1 Å². The second-order valence-corrected chi connectivity index (χ2v) is 3.71. The molecule has 0 saturated carbocycles. The lowest BCUT2D eigenvalue weighted by molar-refractivity contribution is -0.267. The van der Waals surface area contributed by atoms with Gasteiger partial charge in [-0.3, -0.25) is 0 Å². The second kappa shape index (κ2) is 2.68. The summed E-state index contributed by atoms with van der Waals surface area (Å²) in [4.78, 5) is 0. The molecule has 1 aliphatic rings. The van der Waals surface area contributed by atoms with Gasteiger partial charge in [-0.15, -0.1) is 0 Å². The van der Waals surface area contributed by atoms with Crippen LogP contribution in [0.4, 0.5) is 30.7 Å². The summed E-state index contributed by atoms with van der Waals surface area (Å²) in [7, 11) is 0. The molecule has 1 atom stereocenters. The Morgan fingerprint density at radius 2 is 1.54 bits per heavy atom. The minimum atomic E-state index is -5.57. The van der Waals surface area contributed by atoms with Gasteiger partial charge < -0.3 is 0 Å². The molecule has 0 bridgehead atoms. The molecular formula is C5H3F7S. The number of halogens is 7. The molecule has 1 aliphatic heterocycles. The summed E-state index contributed by atoms with van der Waals surface area (Å²) in [5.41, 5.74) is 0. The van der Waals surface area contributed by atoms with Gasteiger partial charge in [0.2, 0.25) is 0 Å². The van der Waals surface area contributed by atoms with E-state index in [-0.39, 0.29) is 0 Å². The fraction of sp³-hybridized carbons (Fsp3) is 1.00. The number of hydrogen-bond donors (Lipinski definition) is 0. The maximum atomic E-state index is 12.4. The third-order valence-corrected chi connectivity index (χ3v) is 2.69. The molecular weight excluding hydrogens is 225 g/mol. The van der Waals surface area contributed by atoms with Crippen molar-refractivity contribution in [3.05, 3.63) is 0 Å². The maximum absolute atomic E-state index is 12.4. The normalized spacial score (nSPS) is 32.1. The Kier molecular flexibility index (Phi) is 2.25. The molecule has 1 saturated heterocycles. The number of rotatable bonds is 0. The Labute approximate surface area is 72.5 Å². The molecule has 0 spiro atoms. The predicted octanol–water partition coefficient (Wildman–Crippen LogP) is 3.14. The minimum Gasteiger partial charge on any atom is -0.205 e. The Hall–Kier alpha value is -0.140. The van der Waals surface area contributed by atoms with Gasteiger partial charge in [0, 0.05) is 0 Å². The molecule has 1 rings (SSSR count). The fourth-order valence-corrected chi connectivity index (χ4v) is 2.06. The van der Waals surface area contributed by atoms with Crippen molar-refractivity contribution < 1.29 is 30.7 Å². The summed E-state index contributed by atoms with van der Waals surface area (Å²) >= 11 is -0.662. The molecule has 1 heterocycles.